The Morgan fingerprint density at radius 1 is 1.12 bits per heavy atom. The number of rotatable bonds is 5. The second-order valence-corrected chi connectivity index (χ2v) is 5.81. The molecule has 24 heavy (non-hydrogen) atoms. The number of aromatic nitrogens is 3. The number of amides is 1. The zero-order chi connectivity index (χ0) is 16.8. The van der Waals surface area contributed by atoms with Crippen LogP contribution in [0.15, 0.2) is 36.8 Å². The van der Waals surface area contributed by atoms with Crippen LogP contribution in [0, 0.1) is 6.92 Å². The third-order valence-corrected chi connectivity index (χ3v) is 4.03. The van der Waals surface area contributed by atoms with Crippen LogP contribution in [0.5, 0.6) is 0 Å². The van der Waals surface area contributed by atoms with Crippen LogP contribution in [-0.4, -0.2) is 58.5 Å². The van der Waals surface area contributed by atoms with Crippen LogP contribution in [0.3, 0.4) is 0 Å². The quantitative estimate of drug-likeness (QED) is 0.893. The number of nitrogens with one attached hydrogen (secondary N) is 1. The molecule has 1 aliphatic heterocycles. The Bertz CT molecular complexity index is 670. The summed E-state index contributed by atoms with van der Waals surface area (Å²) in [7, 11) is 0. The molecule has 0 unspecified atom stereocenters. The molecule has 1 aliphatic rings. The molecule has 126 valence electrons. The van der Waals surface area contributed by atoms with Gasteiger partial charge in [-0.05, 0) is 30.7 Å². The summed E-state index contributed by atoms with van der Waals surface area (Å²) in [6.45, 7) is 5.57. The minimum atomic E-state index is 0.170. The van der Waals surface area contributed by atoms with Crippen LogP contribution in [0.4, 0.5) is 11.8 Å². The summed E-state index contributed by atoms with van der Waals surface area (Å²) in [5.41, 5.74) is 1.15. The zero-order valence-corrected chi connectivity index (χ0v) is 13.9. The van der Waals surface area contributed by atoms with E-state index in [2.05, 4.69) is 25.2 Å². The summed E-state index contributed by atoms with van der Waals surface area (Å²) in [5.74, 6) is 1.72. The number of pyridine rings is 1. The fourth-order valence-electron chi connectivity index (χ4n) is 2.70. The molecule has 2 aromatic heterocycles. The van der Waals surface area contributed by atoms with Crippen molar-refractivity contribution in [1.82, 2.24) is 19.9 Å². The topological polar surface area (TPSA) is 74.2 Å². The Balaban J connectivity index is 1.42. The molecule has 0 radical (unpaired) electrons. The van der Waals surface area contributed by atoms with Gasteiger partial charge in [0, 0.05) is 57.7 Å². The number of anilines is 2. The van der Waals surface area contributed by atoms with Crippen molar-refractivity contribution < 1.29 is 4.79 Å². The van der Waals surface area contributed by atoms with Crippen molar-refractivity contribution in [2.75, 3.05) is 42.9 Å². The number of carbonyl (C=O) groups excluding carboxylic acids is 1. The zero-order valence-electron chi connectivity index (χ0n) is 13.9. The number of hydrogen-bond donors (Lipinski definition) is 1. The minimum absolute atomic E-state index is 0.170. The van der Waals surface area contributed by atoms with Crippen molar-refractivity contribution >= 4 is 17.7 Å². The molecule has 7 heteroatoms. The van der Waals surface area contributed by atoms with Crippen molar-refractivity contribution in [3.63, 3.8) is 0 Å². The lowest BCUT2D eigenvalue weighted by Gasteiger charge is -2.34. The maximum absolute atomic E-state index is 12.3. The largest absolute Gasteiger partial charge is 0.370 e. The number of carbonyl (C=O) groups is 1. The first-order valence-corrected chi connectivity index (χ1v) is 8.18. The molecular formula is C17H22N6O. The van der Waals surface area contributed by atoms with Gasteiger partial charge in [-0.25, -0.2) is 15.0 Å². The summed E-state index contributed by atoms with van der Waals surface area (Å²) in [6, 6.07) is 5.73. The molecule has 2 aromatic rings. The van der Waals surface area contributed by atoms with Gasteiger partial charge in [-0.3, -0.25) is 4.79 Å². The molecule has 1 saturated heterocycles. The second-order valence-electron chi connectivity index (χ2n) is 5.81. The minimum Gasteiger partial charge on any atom is -0.370 e. The highest BCUT2D eigenvalue weighted by Gasteiger charge is 2.21. The molecular weight excluding hydrogens is 304 g/mol. The number of hydrogen-bond acceptors (Lipinski definition) is 6. The fraction of sp³-hybridized carbons (Fsp3) is 0.412. The number of aryl methyl sites for hydroxylation is 1. The summed E-state index contributed by atoms with van der Waals surface area (Å²) < 4.78 is 0. The average molecular weight is 326 g/mol. The van der Waals surface area contributed by atoms with Crippen molar-refractivity contribution in [2.45, 2.75) is 13.3 Å². The van der Waals surface area contributed by atoms with Crippen molar-refractivity contribution in [3.8, 4) is 0 Å². The van der Waals surface area contributed by atoms with Gasteiger partial charge in [-0.15, -0.1) is 0 Å². The SMILES string of the molecule is Cc1ccnc(NCCC(=O)N2CCN(c3ncccn3)CC2)c1. The molecule has 0 aliphatic carbocycles. The Morgan fingerprint density at radius 2 is 1.88 bits per heavy atom. The molecule has 0 bridgehead atoms. The summed E-state index contributed by atoms with van der Waals surface area (Å²) in [4.78, 5) is 29.1. The highest BCUT2D eigenvalue weighted by Crippen LogP contribution is 2.11. The van der Waals surface area contributed by atoms with Crippen LogP contribution in [-0.2, 0) is 4.79 Å². The highest BCUT2D eigenvalue weighted by molar-refractivity contribution is 5.77. The van der Waals surface area contributed by atoms with Gasteiger partial charge in [0.2, 0.25) is 11.9 Å². The normalized spacial score (nSPS) is 14.5. The van der Waals surface area contributed by atoms with Gasteiger partial charge in [0.15, 0.2) is 0 Å². The molecule has 3 heterocycles. The van der Waals surface area contributed by atoms with Crippen molar-refractivity contribution in [1.29, 1.82) is 0 Å². The third-order valence-electron chi connectivity index (χ3n) is 4.03. The fourth-order valence-corrected chi connectivity index (χ4v) is 2.70. The first-order valence-electron chi connectivity index (χ1n) is 8.18. The molecule has 0 spiro atoms. The standard InChI is InChI=1S/C17H22N6O/c1-14-3-7-18-15(13-14)19-8-4-16(24)22-9-11-23(12-10-22)17-20-5-2-6-21-17/h2-3,5-7,13H,4,8-12H2,1H3,(H,18,19). The summed E-state index contributed by atoms with van der Waals surface area (Å²) in [5, 5.41) is 3.20. The van der Waals surface area contributed by atoms with E-state index in [1.807, 2.05) is 24.0 Å². The molecule has 1 fully saturated rings. The molecule has 1 N–H and O–H groups in total. The van der Waals surface area contributed by atoms with Crippen LogP contribution in [0.25, 0.3) is 0 Å². The van der Waals surface area contributed by atoms with E-state index in [9.17, 15) is 4.79 Å². The Labute approximate surface area is 141 Å². The van der Waals surface area contributed by atoms with Crippen LogP contribution in [0.2, 0.25) is 0 Å². The summed E-state index contributed by atoms with van der Waals surface area (Å²) in [6.07, 6.45) is 5.72. The average Bonchev–Trinajstić information content (AvgIpc) is 2.63. The van der Waals surface area contributed by atoms with E-state index in [0.29, 0.717) is 26.1 Å². The maximum atomic E-state index is 12.3. The van der Waals surface area contributed by atoms with Gasteiger partial charge in [-0.2, -0.15) is 0 Å². The molecule has 3 rings (SSSR count). The van der Waals surface area contributed by atoms with E-state index in [4.69, 9.17) is 0 Å². The van der Waals surface area contributed by atoms with E-state index in [0.717, 1.165) is 30.4 Å². The van der Waals surface area contributed by atoms with Gasteiger partial charge in [0.05, 0.1) is 0 Å². The lowest BCUT2D eigenvalue weighted by molar-refractivity contribution is -0.131. The monoisotopic (exact) mass is 326 g/mol. The predicted molar refractivity (Wildman–Crippen MR) is 92.9 cm³/mol. The first kappa shape index (κ1) is 16.2. The van der Waals surface area contributed by atoms with E-state index < -0.39 is 0 Å². The molecule has 7 nitrogen and oxygen atoms in total. The van der Waals surface area contributed by atoms with Gasteiger partial charge in [0.1, 0.15) is 5.82 Å². The molecule has 1 amide bonds. The number of nitrogens with zero attached hydrogens (tertiary/aromatic N) is 5. The Hall–Kier alpha value is -2.70. The summed E-state index contributed by atoms with van der Waals surface area (Å²) >= 11 is 0. The first-order chi connectivity index (χ1) is 11.7. The smallest absolute Gasteiger partial charge is 0.225 e. The van der Waals surface area contributed by atoms with E-state index in [-0.39, 0.29) is 5.91 Å². The lowest BCUT2D eigenvalue weighted by atomic mass is 10.2. The molecule has 0 atom stereocenters. The highest BCUT2D eigenvalue weighted by atomic mass is 16.2. The van der Waals surface area contributed by atoms with Crippen LogP contribution < -0.4 is 10.2 Å². The van der Waals surface area contributed by atoms with Gasteiger partial charge in [-0.1, -0.05) is 0 Å². The van der Waals surface area contributed by atoms with E-state index in [1.165, 1.54) is 0 Å². The third kappa shape index (κ3) is 4.18. The predicted octanol–water partition coefficient (Wildman–Crippen LogP) is 1.33. The van der Waals surface area contributed by atoms with Crippen molar-refractivity contribution in [2.24, 2.45) is 0 Å². The second kappa shape index (κ2) is 7.72. The van der Waals surface area contributed by atoms with E-state index >= 15 is 0 Å². The Kier molecular flexibility index (Phi) is 5.20. The van der Waals surface area contributed by atoms with Crippen molar-refractivity contribution in [3.05, 3.63) is 42.4 Å². The maximum Gasteiger partial charge on any atom is 0.225 e. The molecule has 0 aromatic carbocycles. The van der Waals surface area contributed by atoms with Crippen LogP contribution in [0.1, 0.15) is 12.0 Å². The Morgan fingerprint density at radius 3 is 2.58 bits per heavy atom. The van der Waals surface area contributed by atoms with Gasteiger partial charge in [0.25, 0.3) is 0 Å². The molecule has 0 saturated carbocycles. The van der Waals surface area contributed by atoms with Crippen LogP contribution >= 0.6 is 0 Å². The number of piperazine rings is 1. The van der Waals surface area contributed by atoms with Gasteiger partial charge < -0.3 is 15.1 Å². The van der Waals surface area contributed by atoms with Gasteiger partial charge >= 0.3 is 0 Å². The van der Waals surface area contributed by atoms with E-state index in [1.54, 1.807) is 24.7 Å². The lowest BCUT2D eigenvalue weighted by Crippen LogP contribution is -2.49.